The molecule has 6 heteroatoms. The maximum Gasteiger partial charge on any atom is 0.328 e. The van der Waals surface area contributed by atoms with E-state index in [1.165, 1.54) is 10.8 Å². The molecular formula is C10H8ClN3O2. The summed E-state index contributed by atoms with van der Waals surface area (Å²) in [7, 11) is 0. The molecule has 0 bridgehead atoms. The third-order valence-corrected chi connectivity index (χ3v) is 2.31. The Labute approximate surface area is 95.3 Å². The number of nitrogens with zero attached hydrogens (tertiary/aromatic N) is 2. The molecule has 0 saturated carbocycles. The van der Waals surface area contributed by atoms with E-state index < -0.39 is 11.2 Å². The summed E-state index contributed by atoms with van der Waals surface area (Å²) in [5.41, 5.74) is -0.208. The van der Waals surface area contributed by atoms with Gasteiger partial charge in [0.15, 0.2) is 0 Å². The first-order chi connectivity index (χ1) is 7.66. The number of aromatic nitrogens is 3. The van der Waals surface area contributed by atoms with Crippen LogP contribution in [0.2, 0.25) is 5.02 Å². The maximum atomic E-state index is 11.4. The van der Waals surface area contributed by atoms with Gasteiger partial charge in [-0.15, -0.1) is 0 Å². The van der Waals surface area contributed by atoms with E-state index in [4.69, 9.17) is 11.6 Å². The highest BCUT2D eigenvalue weighted by atomic mass is 35.5. The molecule has 0 unspecified atom stereocenters. The monoisotopic (exact) mass is 237 g/mol. The molecule has 0 atom stereocenters. The molecular weight excluding hydrogens is 230 g/mol. The van der Waals surface area contributed by atoms with Gasteiger partial charge in [-0.05, 0) is 11.6 Å². The van der Waals surface area contributed by atoms with Crippen molar-refractivity contribution in [1.29, 1.82) is 0 Å². The Morgan fingerprint density at radius 3 is 2.94 bits per heavy atom. The van der Waals surface area contributed by atoms with E-state index in [2.05, 4.69) is 9.97 Å². The zero-order valence-electron chi connectivity index (χ0n) is 8.18. The minimum absolute atomic E-state index is 0.0107. The molecule has 0 aliphatic carbocycles. The number of pyridine rings is 1. The van der Waals surface area contributed by atoms with E-state index in [1.807, 2.05) is 6.07 Å². The first kappa shape index (κ1) is 10.6. The summed E-state index contributed by atoms with van der Waals surface area (Å²) in [6.45, 7) is 0.323. The third kappa shape index (κ3) is 2.20. The Balaban J connectivity index is 2.40. The van der Waals surface area contributed by atoms with E-state index in [0.717, 1.165) is 5.56 Å². The van der Waals surface area contributed by atoms with Crippen LogP contribution in [-0.4, -0.2) is 14.5 Å². The zero-order chi connectivity index (χ0) is 11.5. The first-order valence-electron chi connectivity index (χ1n) is 4.55. The first-order valence-corrected chi connectivity index (χ1v) is 4.93. The molecule has 1 N–H and O–H groups in total. The van der Waals surface area contributed by atoms with Crippen LogP contribution in [0.5, 0.6) is 0 Å². The lowest BCUT2D eigenvalue weighted by Gasteiger charge is -2.04. The van der Waals surface area contributed by atoms with E-state index in [1.54, 1.807) is 18.5 Å². The number of halogens is 1. The summed E-state index contributed by atoms with van der Waals surface area (Å²) in [4.78, 5) is 28.5. The summed E-state index contributed by atoms with van der Waals surface area (Å²) in [5.74, 6) is 0. The van der Waals surface area contributed by atoms with Crippen molar-refractivity contribution in [2.45, 2.75) is 6.54 Å². The van der Waals surface area contributed by atoms with Gasteiger partial charge in [0.25, 0.3) is 5.56 Å². The lowest BCUT2D eigenvalue weighted by Crippen LogP contribution is -2.29. The fourth-order valence-electron chi connectivity index (χ4n) is 1.29. The van der Waals surface area contributed by atoms with Crippen molar-refractivity contribution in [1.82, 2.24) is 14.5 Å². The fraction of sp³-hybridized carbons (Fsp3) is 0.100. The van der Waals surface area contributed by atoms with Crippen molar-refractivity contribution in [3.63, 3.8) is 0 Å². The second-order valence-electron chi connectivity index (χ2n) is 3.23. The van der Waals surface area contributed by atoms with Crippen LogP contribution < -0.4 is 11.2 Å². The van der Waals surface area contributed by atoms with E-state index in [0.29, 0.717) is 6.54 Å². The van der Waals surface area contributed by atoms with Gasteiger partial charge in [-0.2, -0.15) is 0 Å². The molecule has 82 valence electrons. The molecule has 2 heterocycles. The van der Waals surface area contributed by atoms with Gasteiger partial charge < -0.3 is 0 Å². The number of hydrogen-bond acceptors (Lipinski definition) is 3. The van der Waals surface area contributed by atoms with Crippen LogP contribution in [0.3, 0.4) is 0 Å². The average molecular weight is 238 g/mol. The summed E-state index contributed by atoms with van der Waals surface area (Å²) < 4.78 is 1.32. The van der Waals surface area contributed by atoms with Crippen molar-refractivity contribution in [3.05, 3.63) is 62.1 Å². The highest BCUT2D eigenvalue weighted by Gasteiger charge is 2.02. The van der Waals surface area contributed by atoms with Crippen LogP contribution in [0, 0.1) is 0 Å². The molecule has 0 aromatic carbocycles. The van der Waals surface area contributed by atoms with E-state index in [-0.39, 0.29) is 5.02 Å². The molecule has 0 aliphatic rings. The van der Waals surface area contributed by atoms with Crippen molar-refractivity contribution < 1.29 is 0 Å². The Morgan fingerprint density at radius 2 is 2.25 bits per heavy atom. The minimum atomic E-state index is -0.575. The van der Waals surface area contributed by atoms with Crippen molar-refractivity contribution >= 4 is 11.6 Å². The van der Waals surface area contributed by atoms with Gasteiger partial charge in [0.2, 0.25) is 0 Å². The Kier molecular flexibility index (Phi) is 2.87. The normalized spacial score (nSPS) is 10.3. The molecule has 0 aliphatic heterocycles. The SMILES string of the molecule is O=c1[nH]c(=O)n(Cc2cccnc2)cc1Cl. The van der Waals surface area contributed by atoms with Gasteiger partial charge in [-0.1, -0.05) is 17.7 Å². The van der Waals surface area contributed by atoms with Crippen LogP contribution in [0.1, 0.15) is 5.56 Å². The van der Waals surface area contributed by atoms with Crippen molar-refractivity contribution in [3.8, 4) is 0 Å². The van der Waals surface area contributed by atoms with Crippen LogP contribution in [-0.2, 0) is 6.54 Å². The standard InChI is InChI=1S/C10H8ClN3O2/c11-8-6-14(10(16)13-9(8)15)5-7-2-1-3-12-4-7/h1-4,6H,5H2,(H,13,15,16). The topological polar surface area (TPSA) is 67.8 Å². The average Bonchev–Trinajstić information content (AvgIpc) is 2.27. The quantitative estimate of drug-likeness (QED) is 0.833. The molecule has 5 nitrogen and oxygen atoms in total. The summed E-state index contributed by atoms with van der Waals surface area (Å²) >= 11 is 5.63. The fourth-order valence-corrected chi connectivity index (χ4v) is 1.45. The molecule has 0 fully saturated rings. The summed E-state index contributed by atoms with van der Waals surface area (Å²) in [6, 6.07) is 3.60. The van der Waals surface area contributed by atoms with Crippen molar-refractivity contribution in [2.75, 3.05) is 0 Å². The van der Waals surface area contributed by atoms with E-state index in [9.17, 15) is 9.59 Å². The lowest BCUT2D eigenvalue weighted by atomic mass is 10.3. The smallest absolute Gasteiger partial charge is 0.295 e. The van der Waals surface area contributed by atoms with Gasteiger partial charge in [0, 0.05) is 18.6 Å². The van der Waals surface area contributed by atoms with E-state index >= 15 is 0 Å². The number of hydrogen-bond donors (Lipinski definition) is 1. The van der Waals surface area contributed by atoms with Gasteiger partial charge in [0.05, 0.1) is 6.54 Å². The summed E-state index contributed by atoms with van der Waals surface area (Å²) in [5, 5.41) is -0.0107. The van der Waals surface area contributed by atoms with Gasteiger partial charge in [-0.25, -0.2) is 4.79 Å². The van der Waals surface area contributed by atoms with Gasteiger partial charge >= 0.3 is 5.69 Å². The predicted molar refractivity (Wildman–Crippen MR) is 59.7 cm³/mol. The zero-order valence-corrected chi connectivity index (χ0v) is 8.94. The number of aromatic amines is 1. The molecule has 16 heavy (non-hydrogen) atoms. The second-order valence-corrected chi connectivity index (χ2v) is 3.63. The Bertz CT molecular complexity index is 603. The van der Waals surface area contributed by atoms with Crippen LogP contribution in [0.15, 0.2) is 40.3 Å². The number of rotatable bonds is 2. The molecule has 0 radical (unpaired) electrons. The summed E-state index contributed by atoms with van der Waals surface area (Å²) in [6.07, 6.45) is 4.60. The second kappa shape index (κ2) is 4.32. The molecule has 0 amide bonds. The van der Waals surface area contributed by atoms with Gasteiger partial charge in [-0.3, -0.25) is 19.3 Å². The molecule has 0 spiro atoms. The number of H-pyrrole nitrogens is 1. The third-order valence-electron chi connectivity index (χ3n) is 2.04. The van der Waals surface area contributed by atoms with Crippen molar-refractivity contribution in [2.24, 2.45) is 0 Å². The minimum Gasteiger partial charge on any atom is -0.295 e. The molecule has 2 rings (SSSR count). The highest BCUT2D eigenvalue weighted by Crippen LogP contribution is 2.00. The van der Waals surface area contributed by atoms with Crippen LogP contribution in [0.25, 0.3) is 0 Å². The highest BCUT2D eigenvalue weighted by molar-refractivity contribution is 6.30. The van der Waals surface area contributed by atoms with Crippen LogP contribution >= 0.6 is 11.6 Å². The largest absolute Gasteiger partial charge is 0.328 e. The predicted octanol–water partition coefficient (Wildman–Crippen LogP) is 0.633. The Morgan fingerprint density at radius 1 is 1.44 bits per heavy atom. The number of nitrogens with one attached hydrogen (secondary N) is 1. The lowest BCUT2D eigenvalue weighted by molar-refractivity contribution is 0.718. The molecule has 2 aromatic rings. The maximum absolute atomic E-state index is 11.4. The van der Waals surface area contributed by atoms with Crippen LogP contribution in [0.4, 0.5) is 0 Å². The molecule has 2 aromatic heterocycles. The molecule has 0 saturated heterocycles. The Hall–Kier alpha value is -1.88. The van der Waals surface area contributed by atoms with Gasteiger partial charge in [0.1, 0.15) is 5.02 Å².